The second-order valence-electron chi connectivity index (χ2n) is 7.11. The molecule has 0 amide bonds. The van der Waals surface area contributed by atoms with Gasteiger partial charge in [0.1, 0.15) is 0 Å². The molecule has 0 aromatic heterocycles. The smallest absolute Gasteiger partial charge is 0.271 e. The summed E-state index contributed by atoms with van der Waals surface area (Å²) in [6.07, 6.45) is 1.18. The molecule has 0 spiro atoms. The fourth-order valence-corrected chi connectivity index (χ4v) is 3.18. The molecule has 2 fully saturated rings. The highest BCUT2D eigenvalue weighted by molar-refractivity contribution is 5.27. The lowest BCUT2D eigenvalue weighted by molar-refractivity contribution is -0.345. The van der Waals surface area contributed by atoms with Crippen molar-refractivity contribution in [3.8, 4) is 0 Å². The number of halogens is 2. The maximum absolute atomic E-state index is 12.2. The van der Waals surface area contributed by atoms with E-state index < -0.39 is 12.6 Å². The van der Waals surface area contributed by atoms with Crippen molar-refractivity contribution in [3.63, 3.8) is 0 Å². The Labute approximate surface area is 164 Å². The van der Waals surface area contributed by atoms with Gasteiger partial charge in [-0.1, -0.05) is 37.6 Å². The summed E-state index contributed by atoms with van der Waals surface area (Å²) < 4.78 is 52.8. The maximum Gasteiger partial charge on any atom is 0.271 e. The van der Waals surface area contributed by atoms with Crippen LogP contribution in [0.4, 0.5) is 8.78 Å². The highest BCUT2D eigenvalue weighted by atomic mass is 19.3. The van der Waals surface area contributed by atoms with E-state index in [0.717, 1.165) is 30.0 Å². The van der Waals surface area contributed by atoms with Gasteiger partial charge < -0.3 is 23.7 Å². The van der Waals surface area contributed by atoms with E-state index >= 15 is 0 Å². The molecule has 0 atom stereocenters. The van der Waals surface area contributed by atoms with Gasteiger partial charge in [-0.25, -0.2) is 0 Å². The molecule has 3 rings (SSSR count). The summed E-state index contributed by atoms with van der Waals surface area (Å²) in [5.74, 6) is 0.131. The molecule has 5 nitrogen and oxygen atoms in total. The summed E-state index contributed by atoms with van der Waals surface area (Å²) in [5, 5.41) is 0. The van der Waals surface area contributed by atoms with Crippen molar-refractivity contribution in [1.82, 2.24) is 0 Å². The Hall–Kier alpha value is -1.38. The van der Waals surface area contributed by atoms with E-state index in [-0.39, 0.29) is 24.5 Å². The highest BCUT2D eigenvalue weighted by Gasteiger charge is 2.34. The normalized spacial score (nSPS) is 28.1. The quantitative estimate of drug-likeness (QED) is 0.614. The van der Waals surface area contributed by atoms with Gasteiger partial charge in [0.25, 0.3) is 12.6 Å². The third-order valence-corrected chi connectivity index (χ3v) is 4.90. The average molecular weight is 398 g/mol. The zero-order valence-electron chi connectivity index (χ0n) is 16.2. The topological polar surface area (TPSA) is 46.2 Å². The molecule has 0 unspecified atom stereocenters. The Balaban J connectivity index is 1.40. The van der Waals surface area contributed by atoms with Crippen LogP contribution in [0.2, 0.25) is 0 Å². The van der Waals surface area contributed by atoms with Gasteiger partial charge in [0, 0.05) is 5.92 Å². The molecule has 2 aliphatic rings. The highest BCUT2D eigenvalue weighted by Crippen LogP contribution is 2.27. The van der Waals surface area contributed by atoms with Crippen LogP contribution in [-0.2, 0) is 30.1 Å². The van der Waals surface area contributed by atoms with E-state index in [4.69, 9.17) is 23.7 Å². The maximum atomic E-state index is 12.2. The first-order valence-corrected chi connectivity index (χ1v) is 9.83. The van der Waals surface area contributed by atoms with E-state index in [1.807, 2.05) is 24.3 Å². The summed E-state index contributed by atoms with van der Waals surface area (Å²) in [4.78, 5) is 0. The molecular weight excluding hydrogens is 370 g/mol. The van der Waals surface area contributed by atoms with E-state index in [1.165, 1.54) is 0 Å². The number of unbranched alkanes of at least 4 members (excludes halogenated alkanes) is 1. The van der Waals surface area contributed by atoms with Gasteiger partial charge in [-0.3, -0.25) is 0 Å². The first kappa shape index (κ1) is 21.3. The van der Waals surface area contributed by atoms with E-state index in [2.05, 4.69) is 6.92 Å². The van der Waals surface area contributed by atoms with Crippen molar-refractivity contribution in [2.75, 3.05) is 33.0 Å². The van der Waals surface area contributed by atoms with Crippen molar-refractivity contribution < 1.29 is 32.5 Å². The van der Waals surface area contributed by atoms with Crippen LogP contribution >= 0.6 is 0 Å². The molecule has 0 bridgehead atoms. The van der Waals surface area contributed by atoms with Gasteiger partial charge in [-0.2, -0.15) is 8.78 Å². The summed E-state index contributed by atoms with van der Waals surface area (Å²) in [5.41, 5.74) is 1.92. The van der Waals surface area contributed by atoms with Crippen molar-refractivity contribution in [2.24, 2.45) is 5.92 Å². The molecule has 2 aliphatic heterocycles. The lowest BCUT2D eigenvalue weighted by atomic mass is 9.97. The largest absolute Gasteiger partial charge is 0.351 e. The summed E-state index contributed by atoms with van der Waals surface area (Å²) in [6.45, 7) is 4.15. The minimum absolute atomic E-state index is 0.0109. The van der Waals surface area contributed by atoms with Crippen LogP contribution in [-0.4, -0.2) is 45.8 Å². The monoisotopic (exact) mass is 398 g/mol. The minimum Gasteiger partial charge on any atom is -0.351 e. The van der Waals surface area contributed by atoms with Gasteiger partial charge in [-0.15, -0.1) is 0 Å². The average Bonchev–Trinajstić information content (AvgIpc) is 2.73. The van der Waals surface area contributed by atoms with Crippen LogP contribution in [0.3, 0.4) is 0 Å². The third-order valence-electron chi connectivity index (χ3n) is 4.90. The van der Waals surface area contributed by atoms with Crippen LogP contribution in [0, 0.1) is 5.92 Å². The molecule has 7 heteroatoms. The molecule has 1 aromatic carbocycles. The number of ether oxygens (including phenoxy) is 5. The van der Waals surface area contributed by atoms with Gasteiger partial charge in [0.2, 0.25) is 0 Å². The van der Waals surface area contributed by atoms with E-state index in [0.29, 0.717) is 33.0 Å². The summed E-state index contributed by atoms with van der Waals surface area (Å²) in [6, 6.07) is 7.62. The van der Waals surface area contributed by atoms with E-state index in [9.17, 15) is 8.78 Å². The van der Waals surface area contributed by atoms with Crippen LogP contribution in [0.5, 0.6) is 0 Å². The summed E-state index contributed by atoms with van der Waals surface area (Å²) >= 11 is 0. The molecule has 28 heavy (non-hydrogen) atoms. The molecule has 0 aliphatic carbocycles. The van der Waals surface area contributed by atoms with Gasteiger partial charge in [-0.05, 0) is 30.0 Å². The first-order chi connectivity index (χ1) is 13.7. The molecule has 0 radical (unpaired) electrons. The van der Waals surface area contributed by atoms with Crippen molar-refractivity contribution >= 4 is 0 Å². The second-order valence-corrected chi connectivity index (χ2v) is 7.11. The Morgan fingerprint density at radius 2 is 1.71 bits per heavy atom. The Morgan fingerprint density at radius 1 is 1.04 bits per heavy atom. The SMILES string of the molecule is CCCCOC1OCC(C2OCC(c3ccc(CC=C(F)F)cc3)CO2)CO1. The standard InChI is InChI=1S/C21H28F2O5/c1-2-3-10-24-21-27-13-18(14-28-21)20-25-11-17(12-26-20)16-7-4-15(5-8-16)6-9-19(22)23/h4-5,7-9,17-18,20-21H,2-3,6,10-14H2,1H3. The second kappa shape index (κ2) is 11.0. The fraction of sp³-hybridized carbons (Fsp3) is 0.619. The number of benzene rings is 1. The fourth-order valence-electron chi connectivity index (χ4n) is 3.18. The van der Waals surface area contributed by atoms with Gasteiger partial charge >= 0.3 is 0 Å². The minimum atomic E-state index is -1.65. The molecule has 1 aromatic rings. The lowest BCUT2D eigenvalue weighted by Crippen LogP contribution is -2.44. The molecule has 0 saturated carbocycles. The molecular formula is C21H28F2O5. The Morgan fingerprint density at radius 3 is 2.32 bits per heavy atom. The number of allylic oxidation sites excluding steroid dienone is 1. The first-order valence-electron chi connectivity index (χ1n) is 9.83. The Bertz CT molecular complexity index is 602. The zero-order valence-corrected chi connectivity index (χ0v) is 16.2. The molecule has 156 valence electrons. The number of hydrogen-bond donors (Lipinski definition) is 0. The molecule has 2 saturated heterocycles. The zero-order chi connectivity index (χ0) is 19.8. The lowest BCUT2D eigenvalue weighted by Gasteiger charge is -2.37. The van der Waals surface area contributed by atoms with Crippen LogP contribution < -0.4 is 0 Å². The molecule has 0 N–H and O–H groups in total. The summed E-state index contributed by atoms with van der Waals surface area (Å²) in [7, 11) is 0. The van der Waals surface area contributed by atoms with Gasteiger partial charge in [0.15, 0.2) is 6.29 Å². The van der Waals surface area contributed by atoms with Crippen molar-refractivity contribution in [3.05, 3.63) is 47.5 Å². The predicted molar refractivity (Wildman–Crippen MR) is 98.9 cm³/mol. The van der Waals surface area contributed by atoms with Crippen LogP contribution in [0.15, 0.2) is 36.4 Å². The van der Waals surface area contributed by atoms with Crippen LogP contribution in [0.25, 0.3) is 0 Å². The molecule has 2 heterocycles. The van der Waals surface area contributed by atoms with Crippen LogP contribution in [0.1, 0.15) is 36.8 Å². The van der Waals surface area contributed by atoms with Crippen molar-refractivity contribution in [1.29, 1.82) is 0 Å². The number of rotatable bonds is 8. The third kappa shape index (κ3) is 6.32. The van der Waals surface area contributed by atoms with Crippen molar-refractivity contribution in [2.45, 2.75) is 44.9 Å². The Kier molecular flexibility index (Phi) is 8.36. The van der Waals surface area contributed by atoms with E-state index in [1.54, 1.807) is 0 Å². The predicted octanol–water partition coefficient (Wildman–Crippen LogP) is 4.23. The van der Waals surface area contributed by atoms with Gasteiger partial charge in [0.05, 0.1) is 39.0 Å². The number of hydrogen-bond acceptors (Lipinski definition) is 5.